The van der Waals surface area contributed by atoms with Gasteiger partial charge in [-0.25, -0.2) is 23.4 Å². The number of benzene rings is 2. The zero-order chi connectivity index (χ0) is 23.5. The Labute approximate surface area is 188 Å². The summed E-state index contributed by atoms with van der Waals surface area (Å²) in [7, 11) is 1.64. The van der Waals surface area contributed by atoms with E-state index in [-0.39, 0.29) is 18.7 Å². The minimum Gasteiger partial charge on any atom is -0.348 e. The summed E-state index contributed by atoms with van der Waals surface area (Å²) >= 11 is 0. The summed E-state index contributed by atoms with van der Waals surface area (Å²) in [6.45, 7) is 1.89. The van der Waals surface area contributed by atoms with Crippen LogP contribution in [0.3, 0.4) is 0 Å². The summed E-state index contributed by atoms with van der Waals surface area (Å²) in [5.74, 6) is -2.46. The second-order valence-electron chi connectivity index (χ2n) is 7.55. The van der Waals surface area contributed by atoms with Gasteiger partial charge in [-0.05, 0) is 42.3 Å². The van der Waals surface area contributed by atoms with Gasteiger partial charge in [0.15, 0.2) is 11.6 Å². The zero-order valence-corrected chi connectivity index (χ0v) is 18.0. The fourth-order valence-corrected chi connectivity index (χ4v) is 3.55. The van der Waals surface area contributed by atoms with Crippen molar-refractivity contribution in [3.63, 3.8) is 0 Å². The predicted molar refractivity (Wildman–Crippen MR) is 121 cm³/mol. The summed E-state index contributed by atoms with van der Waals surface area (Å²) in [5, 5.41) is 3.63. The third kappa shape index (κ3) is 4.57. The van der Waals surface area contributed by atoms with Crippen molar-refractivity contribution in [2.75, 3.05) is 6.54 Å². The van der Waals surface area contributed by atoms with E-state index in [1.807, 2.05) is 24.3 Å². The number of fused-ring (bicyclic) bond motifs is 1. The summed E-state index contributed by atoms with van der Waals surface area (Å²) in [5.41, 5.74) is 2.16. The summed E-state index contributed by atoms with van der Waals surface area (Å²) in [6, 6.07) is 9.17. The van der Waals surface area contributed by atoms with Crippen molar-refractivity contribution in [1.29, 1.82) is 0 Å². The van der Waals surface area contributed by atoms with Crippen LogP contribution in [0.1, 0.15) is 27.2 Å². The number of halogens is 2. The van der Waals surface area contributed by atoms with Crippen LogP contribution in [-0.4, -0.2) is 31.8 Å². The Morgan fingerprint density at radius 2 is 1.97 bits per heavy atom. The van der Waals surface area contributed by atoms with E-state index in [9.17, 15) is 18.4 Å². The highest BCUT2D eigenvalue weighted by Crippen LogP contribution is 2.14. The smallest absolute Gasteiger partial charge is 0.280 e. The van der Waals surface area contributed by atoms with E-state index in [1.165, 1.54) is 21.8 Å². The van der Waals surface area contributed by atoms with E-state index >= 15 is 0 Å². The maximum Gasteiger partial charge on any atom is 0.280 e. The van der Waals surface area contributed by atoms with Gasteiger partial charge in [-0.1, -0.05) is 24.3 Å². The average Bonchev–Trinajstić information content (AvgIpc) is 3.02. The largest absolute Gasteiger partial charge is 0.348 e. The number of aromatic nitrogens is 4. The van der Waals surface area contributed by atoms with Crippen molar-refractivity contribution in [2.45, 2.75) is 13.5 Å². The van der Waals surface area contributed by atoms with Gasteiger partial charge in [0, 0.05) is 30.9 Å². The highest BCUT2D eigenvalue weighted by Gasteiger charge is 2.21. The molecule has 4 aromatic rings. The Morgan fingerprint density at radius 3 is 2.76 bits per heavy atom. The first-order valence-electron chi connectivity index (χ1n) is 10.2. The highest BCUT2D eigenvalue weighted by atomic mass is 19.2. The van der Waals surface area contributed by atoms with Crippen LogP contribution in [0.4, 0.5) is 8.78 Å². The number of rotatable bonds is 6. The van der Waals surface area contributed by atoms with Crippen LogP contribution in [0.15, 0.2) is 59.8 Å². The van der Waals surface area contributed by atoms with Gasteiger partial charge in [0.05, 0.1) is 12.1 Å². The minimum absolute atomic E-state index is 0.00618. The van der Waals surface area contributed by atoms with E-state index in [2.05, 4.69) is 15.3 Å². The molecule has 0 atom stereocenters. The molecule has 168 valence electrons. The summed E-state index contributed by atoms with van der Waals surface area (Å²) < 4.78 is 29.5. The lowest BCUT2D eigenvalue weighted by Gasteiger charge is -2.08. The minimum atomic E-state index is -0.991. The van der Waals surface area contributed by atoms with Crippen LogP contribution >= 0.6 is 0 Å². The molecule has 0 radical (unpaired) electrons. The second kappa shape index (κ2) is 9.15. The molecule has 0 saturated carbocycles. The molecular weight excluding hydrogens is 428 g/mol. The maximum atomic E-state index is 13.5. The molecule has 0 spiro atoms. The first kappa shape index (κ1) is 22.1. The molecule has 7 nitrogen and oxygen atoms in total. The number of nitrogens with one attached hydrogen (secondary N) is 1. The number of nitrogens with zero attached hydrogens (tertiary/aromatic N) is 4. The Hall–Kier alpha value is -4.14. The molecule has 0 aliphatic carbocycles. The molecule has 0 fully saturated rings. The molecule has 1 amide bonds. The lowest BCUT2D eigenvalue weighted by atomic mass is 10.1. The summed E-state index contributed by atoms with van der Waals surface area (Å²) in [6.07, 6.45) is 6.85. The third-order valence-electron chi connectivity index (χ3n) is 5.42. The maximum absolute atomic E-state index is 13.5. The highest BCUT2D eigenvalue weighted by molar-refractivity contribution is 5.95. The van der Waals surface area contributed by atoms with Crippen molar-refractivity contribution in [1.82, 2.24) is 24.6 Å². The number of hydrogen-bond donors (Lipinski definition) is 1. The number of carbonyl (C=O) groups excluding carboxylic acids is 1. The quantitative estimate of drug-likeness (QED) is 0.490. The van der Waals surface area contributed by atoms with Gasteiger partial charge < -0.3 is 5.32 Å². The van der Waals surface area contributed by atoms with Crippen LogP contribution in [0.2, 0.25) is 0 Å². The molecule has 2 aromatic carbocycles. The van der Waals surface area contributed by atoms with Crippen molar-refractivity contribution in [3.05, 3.63) is 99.4 Å². The Bertz CT molecular complexity index is 1440. The molecule has 0 unspecified atom stereocenters. The van der Waals surface area contributed by atoms with Gasteiger partial charge in [-0.15, -0.1) is 0 Å². The molecule has 2 heterocycles. The zero-order valence-electron chi connectivity index (χ0n) is 18.0. The Balaban J connectivity index is 1.46. The van der Waals surface area contributed by atoms with Crippen LogP contribution in [0.5, 0.6) is 0 Å². The van der Waals surface area contributed by atoms with Crippen molar-refractivity contribution in [2.24, 2.45) is 7.05 Å². The fraction of sp³-hybridized carbons (Fsp3) is 0.167. The molecule has 2 aromatic heterocycles. The molecule has 0 aliphatic rings. The monoisotopic (exact) mass is 449 g/mol. The molecule has 33 heavy (non-hydrogen) atoms. The van der Waals surface area contributed by atoms with E-state index in [0.717, 1.165) is 28.6 Å². The SMILES string of the molecule is Cc1c(C(=O)NC/C=C/c2ccc3ncncc3c2)c(=O)n(Cc2ccc(F)c(F)c2)n1C. The van der Waals surface area contributed by atoms with Crippen LogP contribution < -0.4 is 10.9 Å². The van der Waals surface area contributed by atoms with Gasteiger partial charge in [0.25, 0.3) is 11.5 Å². The van der Waals surface area contributed by atoms with Gasteiger partial charge in [0.2, 0.25) is 0 Å². The molecule has 4 rings (SSSR count). The van der Waals surface area contributed by atoms with Gasteiger partial charge >= 0.3 is 0 Å². The lowest BCUT2D eigenvalue weighted by molar-refractivity contribution is 0.0956. The molecule has 0 bridgehead atoms. The van der Waals surface area contributed by atoms with E-state index in [4.69, 9.17) is 0 Å². The van der Waals surface area contributed by atoms with Gasteiger partial charge in [0.1, 0.15) is 11.9 Å². The van der Waals surface area contributed by atoms with Crippen molar-refractivity contribution < 1.29 is 13.6 Å². The van der Waals surface area contributed by atoms with Crippen LogP contribution in [0.25, 0.3) is 17.0 Å². The second-order valence-corrected chi connectivity index (χ2v) is 7.55. The fourth-order valence-electron chi connectivity index (χ4n) is 3.55. The lowest BCUT2D eigenvalue weighted by Crippen LogP contribution is -2.31. The average molecular weight is 449 g/mol. The molecule has 0 saturated heterocycles. The van der Waals surface area contributed by atoms with Crippen LogP contribution in [-0.2, 0) is 13.6 Å². The van der Waals surface area contributed by atoms with Gasteiger partial charge in [-0.2, -0.15) is 0 Å². The Kier molecular flexibility index (Phi) is 6.12. The van der Waals surface area contributed by atoms with Crippen molar-refractivity contribution in [3.8, 4) is 0 Å². The topological polar surface area (TPSA) is 81.8 Å². The van der Waals surface area contributed by atoms with Crippen molar-refractivity contribution >= 4 is 22.9 Å². The third-order valence-corrected chi connectivity index (χ3v) is 5.42. The van der Waals surface area contributed by atoms with Crippen LogP contribution in [0, 0.1) is 18.6 Å². The Morgan fingerprint density at radius 1 is 1.15 bits per heavy atom. The van der Waals surface area contributed by atoms with E-state index in [0.29, 0.717) is 11.3 Å². The molecule has 0 aliphatic heterocycles. The molecular formula is C24H21F2N5O2. The number of carbonyl (C=O) groups is 1. The standard InChI is InChI=1S/C24H21F2N5O2/c1-15-22(24(33)31(30(15)2)13-17-5-7-19(25)20(26)11-17)23(32)28-9-3-4-16-6-8-21-18(10-16)12-27-14-29-21/h3-8,10-12,14H,9,13H2,1-2H3,(H,28,32)/b4-3+. The molecule has 9 heteroatoms. The first-order chi connectivity index (χ1) is 15.8. The first-order valence-corrected chi connectivity index (χ1v) is 10.2. The van der Waals surface area contributed by atoms with E-state index < -0.39 is 23.1 Å². The van der Waals surface area contributed by atoms with E-state index in [1.54, 1.807) is 26.2 Å². The molecule has 1 N–H and O–H groups in total. The van der Waals surface area contributed by atoms with Gasteiger partial charge in [-0.3, -0.25) is 14.3 Å². The predicted octanol–water partition coefficient (Wildman–Crippen LogP) is 3.21. The summed E-state index contributed by atoms with van der Waals surface area (Å²) in [4.78, 5) is 33.7. The number of amides is 1. The normalized spacial score (nSPS) is 11.4. The number of hydrogen-bond acceptors (Lipinski definition) is 4.